The van der Waals surface area contributed by atoms with Crippen LogP contribution in [0.2, 0.25) is 0 Å². The molecule has 1 aliphatic rings. The number of para-hydroxylation sites is 4. The number of halogens is 1. The lowest BCUT2D eigenvalue weighted by molar-refractivity contribution is -0.114. The van der Waals surface area contributed by atoms with Crippen LogP contribution in [0.15, 0.2) is 53.3 Å². The molecule has 4 rings (SSSR count). The molecule has 0 saturated carbocycles. The molecule has 2 heterocycles. The minimum absolute atomic E-state index is 0. The second-order valence-electron chi connectivity index (χ2n) is 7.99. The smallest absolute Gasteiger partial charge is 0.326 e. The molecule has 1 aromatic heterocycles. The number of hydrogen-bond donors (Lipinski definition) is 3. The van der Waals surface area contributed by atoms with Crippen LogP contribution in [0.25, 0.3) is 11.0 Å². The number of imidazole rings is 1. The number of rotatable bonds is 7. The second kappa shape index (κ2) is 10.7. The highest BCUT2D eigenvalue weighted by molar-refractivity contribution is 5.90. The van der Waals surface area contributed by atoms with Gasteiger partial charge in [0.15, 0.2) is 0 Å². The van der Waals surface area contributed by atoms with Crippen LogP contribution in [0.4, 0.5) is 5.69 Å². The van der Waals surface area contributed by atoms with E-state index in [1.165, 1.54) is 6.92 Å². The minimum Gasteiger partial charge on any atom is -0.489 e. The van der Waals surface area contributed by atoms with Crippen molar-refractivity contribution in [1.82, 2.24) is 14.5 Å². The number of anilines is 1. The quantitative estimate of drug-likeness (QED) is 0.503. The molecule has 1 unspecified atom stereocenters. The monoisotopic (exact) mass is 460 g/mol. The molecule has 1 saturated heterocycles. The number of likely N-dealkylation sites (tertiary alicyclic amines) is 1. The number of aliphatic hydroxyl groups excluding tert-OH is 1. The molecular formula is C23H29ClN4O4. The largest absolute Gasteiger partial charge is 0.489 e. The van der Waals surface area contributed by atoms with Gasteiger partial charge in [-0.05, 0) is 37.1 Å². The zero-order valence-corrected chi connectivity index (χ0v) is 18.8. The predicted molar refractivity (Wildman–Crippen MR) is 127 cm³/mol. The topological polar surface area (TPSA) is 99.6 Å². The molecule has 9 heteroatoms. The summed E-state index contributed by atoms with van der Waals surface area (Å²) in [6.45, 7) is 3.68. The number of benzene rings is 2. The highest BCUT2D eigenvalue weighted by Gasteiger charge is 2.24. The molecule has 0 spiro atoms. The summed E-state index contributed by atoms with van der Waals surface area (Å²) >= 11 is 0. The van der Waals surface area contributed by atoms with Crippen LogP contribution in [0.1, 0.15) is 25.8 Å². The van der Waals surface area contributed by atoms with Crippen molar-refractivity contribution in [2.75, 3.05) is 31.6 Å². The van der Waals surface area contributed by atoms with E-state index in [1.807, 2.05) is 41.0 Å². The molecule has 32 heavy (non-hydrogen) atoms. The maximum Gasteiger partial charge on any atom is 0.326 e. The van der Waals surface area contributed by atoms with E-state index in [-0.39, 0.29) is 36.7 Å². The van der Waals surface area contributed by atoms with Crippen LogP contribution >= 0.6 is 12.4 Å². The number of fused-ring (bicyclic) bond motifs is 1. The molecule has 1 amide bonds. The number of β-amino-alcohol motifs (C(OH)–C–C–N with tert-alkyl or cyclic N) is 1. The number of aromatic amines is 1. The SMILES string of the molecule is CC(=O)Nc1ccccc1OCC(O)CN1CCC(n2c(=O)[nH]c3ccccc32)CC1.Cl. The first-order valence-electron chi connectivity index (χ1n) is 10.6. The normalized spacial score (nSPS) is 15.8. The highest BCUT2D eigenvalue weighted by atomic mass is 35.5. The Morgan fingerprint density at radius 2 is 1.88 bits per heavy atom. The Kier molecular flexibility index (Phi) is 7.95. The molecule has 0 radical (unpaired) electrons. The standard InChI is InChI=1S/C23H28N4O4.ClH/c1-16(28)24-20-7-3-5-9-22(20)31-15-18(29)14-26-12-10-17(11-13-26)27-21-8-4-2-6-19(21)25-23(27)30;/h2-9,17-18,29H,10-15H2,1H3,(H,24,28)(H,25,30);1H. The summed E-state index contributed by atoms with van der Waals surface area (Å²) in [6, 6.07) is 15.1. The molecule has 8 nitrogen and oxygen atoms in total. The van der Waals surface area contributed by atoms with Gasteiger partial charge in [-0.15, -0.1) is 12.4 Å². The molecule has 2 aromatic carbocycles. The summed E-state index contributed by atoms with van der Waals surface area (Å²) in [5.41, 5.74) is 2.33. The molecule has 0 aliphatic carbocycles. The van der Waals surface area contributed by atoms with Gasteiger partial charge >= 0.3 is 5.69 Å². The van der Waals surface area contributed by atoms with Crippen LogP contribution < -0.4 is 15.7 Å². The Labute approximate surface area is 192 Å². The fourth-order valence-corrected chi connectivity index (χ4v) is 4.22. The Bertz CT molecular complexity index is 1100. The first-order chi connectivity index (χ1) is 15.0. The van der Waals surface area contributed by atoms with Crippen molar-refractivity contribution in [3.63, 3.8) is 0 Å². The number of ether oxygens (including phenoxy) is 1. The van der Waals surface area contributed by atoms with Gasteiger partial charge in [0.05, 0.1) is 16.7 Å². The lowest BCUT2D eigenvalue weighted by atomic mass is 10.0. The molecule has 1 fully saturated rings. The van der Waals surface area contributed by atoms with E-state index in [0.29, 0.717) is 18.0 Å². The maximum absolute atomic E-state index is 12.4. The Hall–Kier alpha value is -2.81. The molecule has 1 aliphatic heterocycles. The van der Waals surface area contributed by atoms with Crippen molar-refractivity contribution in [1.29, 1.82) is 0 Å². The number of carbonyl (C=O) groups excluding carboxylic acids is 1. The van der Waals surface area contributed by atoms with Crippen molar-refractivity contribution in [3.8, 4) is 5.75 Å². The van der Waals surface area contributed by atoms with Crippen molar-refractivity contribution >= 4 is 35.0 Å². The maximum atomic E-state index is 12.4. The van der Waals surface area contributed by atoms with E-state index < -0.39 is 6.10 Å². The number of nitrogens with zero attached hydrogens (tertiary/aromatic N) is 2. The number of piperidine rings is 1. The van der Waals surface area contributed by atoms with Gasteiger partial charge < -0.3 is 25.0 Å². The summed E-state index contributed by atoms with van der Waals surface area (Å²) in [7, 11) is 0. The molecule has 172 valence electrons. The molecular weight excluding hydrogens is 432 g/mol. The zero-order valence-electron chi connectivity index (χ0n) is 18.0. The fraction of sp³-hybridized carbons (Fsp3) is 0.391. The first kappa shape index (κ1) is 23.8. The van der Waals surface area contributed by atoms with E-state index in [1.54, 1.807) is 12.1 Å². The summed E-state index contributed by atoms with van der Waals surface area (Å²) in [5.74, 6) is 0.364. The van der Waals surface area contributed by atoms with Crippen molar-refractivity contribution in [3.05, 3.63) is 59.0 Å². The average molecular weight is 461 g/mol. The van der Waals surface area contributed by atoms with Gasteiger partial charge in [-0.25, -0.2) is 4.79 Å². The van der Waals surface area contributed by atoms with Crippen LogP contribution in [0, 0.1) is 0 Å². The Balaban J connectivity index is 0.00000289. The van der Waals surface area contributed by atoms with E-state index >= 15 is 0 Å². The summed E-state index contributed by atoms with van der Waals surface area (Å²) in [4.78, 5) is 28.9. The molecule has 3 N–H and O–H groups in total. The summed E-state index contributed by atoms with van der Waals surface area (Å²) in [6.07, 6.45) is 1.04. The molecule has 0 bridgehead atoms. The second-order valence-corrected chi connectivity index (χ2v) is 7.99. The van der Waals surface area contributed by atoms with Gasteiger partial charge in [-0.1, -0.05) is 24.3 Å². The van der Waals surface area contributed by atoms with Gasteiger partial charge in [0, 0.05) is 32.6 Å². The number of nitrogens with one attached hydrogen (secondary N) is 2. The number of H-pyrrole nitrogens is 1. The van der Waals surface area contributed by atoms with Crippen LogP contribution in [-0.4, -0.2) is 57.8 Å². The van der Waals surface area contributed by atoms with Gasteiger partial charge in [0.2, 0.25) is 5.91 Å². The fourth-order valence-electron chi connectivity index (χ4n) is 4.22. The van der Waals surface area contributed by atoms with Gasteiger partial charge in [-0.2, -0.15) is 0 Å². The first-order valence-corrected chi connectivity index (χ1v) is 10.6. The van der Waals surface area contributed by atoms with Crippen LogP contribution in [-0.2, 0) is 4.79 Å². The predicted octanol–water partition coefficient (Wildman–Crippen LogP) is 2.79. The van der Waals surface area contributed by atoms with E-state index in [2.05, 4.69) is 15.2 Å². The average Bonchev–Trinajstić information content (AvgIpc) is 3.09. The molecule has 1 atom stereocenters. The van der Waals surface area contributed by atoms with Crippen molar-refractivity contribution in [2.24, 2.45) is 0 Å². The number of hydrogen-bond acceptors (Lipinski definition) is 5. The lowest BCUT2D eigenvalue weighted by Gasteiger charge is -2.33. The minimum atomic E-state index is -0.655. The van der Waals surface area contributed by atoms with Gasteiger partial charge in [0.25, 0.3) is 0 Å². The van der Waals surface area contributed by atoms with Crippen molar-refractivity contribution < 1.29 is 14.6 Å². The van der Waals surface area contributed by atoms with Gasteiger partial charge in [-0.3, -0.25) is 9.36 Å². The molecule has 3 aromatic rings. The summed E-state index contributed by atoms with van der Waals surface area (Å²) in [5, 5.41) is 13.2. The third-order valence-electron chi connectivity index (χ3n) is 5.64. The number of aromatic nitrogens is 2. The third kappa shape index (κ3) is 5.51. The van der Waals surface area contributed by atoms with E-state index in [4.69, 9.17) is 4.74 Å². The van der Waals surface area contributed by atoms with E-state index in [9.17, 15) is 14.7 Å². The third-order valence-corrected chi connectivity index (χ3v) is 5.64. The highest BCUT2D eigenvalue weighted by Crippen LogP contribution is 2.26. The van der Waals surface area contributed by atoms with Crippen molar-refractivity contribution in [2.45, 2.75) is 31.9 Å². The number of amides is 1. The summed E-state index contributed by atoms with van der Waals surface area (Å²) < 4.78 is 7.61. The zero-order chi connectivity index (χ0) is 21.8. The number of carbonyl (C=O) groups is 1. The van der Waals surface area contributed by atoms with E-state index in [0.717, 1.165) is 37.0 Å². The van der Waals surface area contributed by atoms with Gasteiger partial charge in [0.1, 0.15) is 18.5 Å². The van der Waals surface area contributed by atoms with Crippen LogP contribution in [0.5, 0.6) is 5.75 Å². The Morgan fingerprint density at radius 3 is 2.62 bits per heavy atom. The number of aliphatic hydroxyl groups is 1. The Morgan fingerprint density at radius 1 is 1.19 bits per heavy atom. The lowest BCUT2D eigenvalue weighted by Crippen LogP contribution is -2.42. The van der Waals surface area contributed by atoms with Crippen LogP contribution in [0.3, 0.4) is 0 Å².